The van der Waals surface area contributed by atoms with Crippen LogP contribution in [-0.2, 0) is 9.53 Å². The Morgan fingerprint density at radius 1 is 1.77 bits per heavy atom. The van der Waals surface area contributed by atoms with Crippen molar-refractivity contribution >= 4 is 23.3 Å². The molecule has 0 aromatic heterocycles. The fraction of sp³-hybridized carbons (Fsp3) is 0.250. The summed E-state index contributed by atoms with van der Waals surface area (Å²) in [6.45, 7) is 5.30. The maximum absolute atomic E-state index is 11.1. The second-order valence-electron chi connectivity index (χ2n) is 1.95. The first kappa shape index (κ1) is 11.7. The van der Waals surface area contributed by atoms with E-state index in [4.69, 9.17) is 17.3 Å². The molecule has 0 aliphatic carbocycles. The number of nitrogens with two attached hydrogens (primary N) is 1. The van der Waals surface area contributed by atoms with Gasteiger partial charge >= 0.3 is 5.97 Å². The van der Waals surface area contributed by atoms with Crippen LogP contribution in [0.15, 0.2) is 29.0 Å². The van der Waals surface area contributed by atoms with Gasteiger partial charge in [-0.2, -0.15) is 0 Å². The third-order valence-electron chi connectivity index (χ3n) is 0.990. The van der Waals surface area contributed by atoms with Crippen LogP contribution in [-0.4, -0.2) is 18.3 Å². The number of nitrogens with zero attached hydrogens (tertiary/aromatic N) is 1. The Kier molecular flexibility index (Phi) is 5.63. The standard InChI is InChI=1S/C8H11ClN2O2/c1-3-11-6(5-7(9)10)8(12)13-4-2/h3,5H,1,4,10H2,2H3/b7-5-,11-6+. The van der Waals surface area contributed by atoms with Gasteiger partial charge in [-0.3, -0.25) is 0 Å². The summed E-state index contributed by atoms with van der Waals surface area (Å²) >= 11 is 5.37. The Labute approximate surface area is 81.7 Å². The molecule has 0 radical (unpaired) electrons. The first-order chi connectivity index (χ1) is 6.11. The van der Waals surface area contributed by atoms with Crippen molar-refractivity contribution in [2.24, 2.45) is 10.7 Å². The molecule has 0 spiro atoms. The van der Waals surface area contributed by atoms with E-state index in [1.807, 2.05) is 0 Å². The van der Waals surface area contributed by atoms with Crippen LogP contribution in [0.4, 0.5) is 0 Å². The first-order valence-electron chi connectivity index (χ1n) is 3.60. The summed E-state index contributed by atoms with van der Waals surface area (Å²) in [5, 5.41) is -0.0337. The van der Waals surface area contributed by atoms with Crippen LogP contribution in [0.1, 0.15) is 6.92 Å². The molecule has 0 heterocycles. The number of carbonyl (C=O) groups is 1. The van der Waals surface area contributed by atoms with Gasteiger partial charge in [0.2, 0.25) is 0 Å². The maximum Gasteiger partial charge on any atom is 0.357 e. The predicted octanol–water partition coefficient (Wildman–Crippen LogP) is 1.17. The van der Waals surface area contributed by atoms with Gasteiger partial charge in [0.05, 0.1) is 6.61 Å². The lowest BCUT2D eigenvalue weighted by Gasteiger charge is -1.99. The molecule has 0 rings (SSSR count). The minimum absolute atomic E-state index is 0.0318. The third kappa shape index (κ3) is 5.03. The summed E-state index contributed by atoms with van der Waals surface area (Å²) in [5.74, 6) is -0.578. The normalized spacial score (nSPS) is 12.5. The lowest BCUT2D eigenvalue weighted by molar-refractivity contribution is -0.134. The molecule has 0 aliphatic heterocycles. The largest absolute Gasteiger partial charge is 0.461 e. The molecule has 0 amide bonds. The zero-order chi connectivity index (χ0) is 10.3. The quantitative estimate of drug-likeness (QED) is 0.423. The number of hydrogen-bond donors (Lipinski definition) is 1. The van der Waals surface area contributed by atoms with Crippen molar-refractivity contribution in [1.82, 2.24) is 0 Å². The summed E-state index contributed by atoms with van der Waals surface area (Å²) in [4.78, 5) is 14.8. The number of carbonyl (C=O) groups excluding carboxylic acids is 1. The monoisotopic (exact) mass is 202 g/mol. The van der Waals surface area contributed by atoms with Crippen LogP contribution < -0.4 is 5.73 Å². The molecule has 0 aromatic rings. The molecule has 0 aromatic carbocycles. The number of ether oxygens (including phenoxy) is 1. The second kappa shape index (κ2) is 6.25. The highest BCUT2D eigenvalue weighted by Crippen LogP contribution is 1.95. The fourth-order valence-corrected chi connectivity index (χ4v) is 0.686. The average Bonchev–Trinajstić information content (AvgIpc) is 2.03. The van der Waals surface area contributed by atoms with Crippen molar-refractivity contribution in [2.75, 3.05) is 6.61 Å². The van der Waals surface area contributed by atoms with Gasteiger partial charge in [0.15, 0.2) is 5.71 Å². The molecule has 2 N–H and O–H groups in total. The highest BCUT2D eigenvalue weighted by Gasteiger charge is 2.08. The van der Waals surface area contributed by atoms with Crippen molar-refractivity contribution in [1.29, 1.82) is 0 Å². The van der Waals surface area contributed by atoms with E-state index in [-0.39, 0.29) is 17.5 Å². The average molecular weight is 203 g/mol. The van der Waals surface area contributed by atoms with E-state index in [1.54, 1.807) is 6.92 Å². The van der Waals surface area contributed by atoms with Crippen LogP contribution >= 0.6 is 11.6 Å². The van der Waals surface area contributed by atoms with Crippen LogP contribution in [0.3, 0.4) is 0 Å². The molecule has 13 heavy (non-hydrogen) atoms. The Hall–Kier alpha value is -1.29. The van der Waals surface area contributed by atoms with Gasteiger partial charge in [-0.25, -0.2) is 9.79 Å². The van der Waals surface area contributed by atoms with Gasteiger partial charge in [-0.15, -0.1) is 0 Å². The maximum atomic E-state index is 11.1. The summed E-state index contributed by atoms with van der Waals surface area (Å²) in [7, 11) is 0. The zero-order valence-electron chi connectivity index (χ0n) is 7.29. The highest BCUT2D eigenvalue weighted by atomic mass is 35.5. The van der Waals surface area contributed by atoms with Gasteiger partial charge < -0.3 is 10.5 Å². The molecule has 0 saturated heterocycles. The minimum atomic E-state index is -0.578. The first-order valence-corrected chi connectivity index (χ1v) is 3.98. The molecule has 72 valence electrons. The number of aliphatic imine (C=N–C) groups is 1. The molecule has 0 saturated carbocycles. The van der Waals surface area contributed by atoms with Gasteiger partial charge in [0.25, 0.3) is 0 Å². The predicted molar refractivity (Wildman–Crippen MR) is 52.4 cm³/mol. The van der Waals surface area contributed by atoms with Crippen LogP contribution in [0.2, 0.25) is 0 Å². The molecule has 0 bridgehead atoms. The molecule has 5 heteroatoms. The Balaban J connectivity index is 4.62. The van der Waals surface area contributed by atoms with E-state index in [0.29, 0.717) is 0 Å². The number of esters is 1. The van der Waals surface area contributed by atoms with E-state index in [1.165, 1.54) is 12.3 Å². The van der Waals surface area contributed by atoms with E-state index >= 15 is 0 Å². The summed E-state index contributed by atoms with van der Waals surface area (Å²) in [6.07, 6.45) is 2.42. The van der Waals surface area contributed by atoms with Crippen molar-refractivity contribution in [3.05, 3.63) is 24.0 Å². The SMILES string of the molecule is C=C/N=C(\C=C(/N)Cl)C(=O)OCC. The van der Waals surface area contributed by atoms with Gasteiger partial charge in [-0.05, 0) is 6.92 Å². The van der Waals surface area contributed by atoms with E-state index in [9.17, 15) is 4.79 Å². The smallest absolute Gasteiger partial charge is 0.357 e. The lowest BCUT2D eigenvalue weighted by Crippen LogP contribution is -2.16. The van der Waals surface area contributed by atoms with Gasteiger partial charge in [0, 0.05) is 12.3 Å². The van der Waals surface area contributed by atoms with E-state index in [2.05, 4.69) is 16.3 Å². The molecule has 0 aliphatic rings. The van der Waals surface area contributed by atoms with Gasteiger partial charge in [-0.1, -0.05) is 18.2 Å². The topological polar surface area (TPSA) is 64.7 Å². The molecule has 4 nitrogen and oxygen atoms in total. The van der Waals surface area contributed by atoms with Crippen molar-refractivity contribution < 1.29 is 9.53 Å². The Bertz CT molecular complexity index is 255. The van der Waals surface area contributed by atoms with Crippen LogP contribution in [0.25, 0.3) is 0 Å². The fourth-order valence-electron chi connectivity index (χ4n) is 0.583. The Morgan fingerprint density at radius 2 is 2.38 bits per heavy atom. The van der Waals surface area contributed by atoms with Crippen molar-refractivity contribution in [3.8, 4) is 0 Å². The summed E-state index contributed by atoms with van der Waals surface area (Å²) in [5.41, 5.74) is 5.19. The second-order valence-corrected chi connectivity index (χ2v) is 2.38. The van der Waals surface area contributed by atoms with Crippen LogP contribution in [0.5, 0.6) is 0 Å². The number of hydrogen-bond acceptors (Lipinski definition) is 4. The lowest BCUT2D eigenvalue weighted by atomic mass is 10.3. The van der Waals surface area contributed by atoms with E-state index < -0.39 is 5.97 Å². The van der Waals surface area contributed by atoms with E-state index in [0.717, 1.165) is 0 Å². The zero-order valence-corrected chi connectivity index (χ0v) is 8.04. The molecule has 0 atom stereocenters. The van der Waals surface area contributed by atoms with Crippen molar-refractivity contribution in [3.63, 3.8) is 0 Å². The summed E-state index contributed by atoms with van der Waals surface area (Å²) < 4.78 is 4.68. The highest BCUT2D eigenvalue weighted by molar-refractivity contribution is 6.44. The molecular formula is C8H11ClN2O2. The molecular weight excluding hydrogens is 192 g/mol. The Morgan fingerprint density at radius 3 is 2.77 bits per heavy atom. The molecule has 0 unspecified atom stereocenters. The molecule has 0 fully saturated rings. The summed E-state index contributed by atoms with van der Waals surface area (Å²) in [6, 6.07) is 0. The number of halogens is 1. The van der Waals surface area contributed by atoms with Crippen molar-refractivity contribution in [2.45, 2.75) is 6.92 Å². The minimum Gasteiger partial charge on any atom is -0.461 e. The van der Waals surface area contributed by atoms with Gasteiger partial charge in [0.1, 0.15) is 5.16 Å². The van der Waals surface area contributed by atoms with Crippen LogP contribution in [0, 0.1) is 0 Å². The third-order valence-corrected chi connectivity index (χ3v) is 1.10. The number of rotatable bonds is 4.